The molecule has 0 amide bonds. The zero-order chi connectivity index (χ0) is 20.3. The molecule has 1 unspecified atom stereocenters. The van der Waals surface area contributed by atoms with Crippen LogP contribution < -0.4 is 10.2 Å². The third kappa shape index (κ3) is 6.59. The summed E-state index contributed by atoms with van der Waals surface area (Å²) in [5.74, 6) is 1.56. The first-order chi connectivity index (χ1) is 14.3. The minimum absolute atomic E-state index is 0.552. The largest absolute Gasteiger partial charge is 0.382 e. The fraction of sp³-hybridized carbons (Fsp3) is 0.682. The third-order valence-corrected chi connectivity index (χ3v) is 5.45. The van der Waals surface area contributed by atoms with Crippen molar-refractivity contribution in [3.8, 4) is 0 Å². The van der Waals surface area contributed by atoms with Crippen LogP contribution in [0.25, 0.3) is 0 Å². The molecule has 2 fully saturated rings. The summed E-state index contributed by atoms with van der Waals surface area (Å²) in [4.78, 5) is 9.75. The second kappa shape index (κ2) is 12.0. The van der Waals surface area contributed by atoms with E-state index >= 15 is 0 Å². The fourth-order valence-corrected chi connectivity index (χ4v) is 3.90. The zero-order valence-corrected chi connectivity index (χ0v) is 17.9. The van der Waals surface area contributed by atoms with E-state index in [1.54, 1.807) is 7.11 Å². The molecular formula is C22H36N4O3. The van der Waals surface area contributed by atoms with Gasteiger partial charge in [0.1, 0.15) is 0 Å². The van der Waals surface area contributed by atoms with E-state index in [2.05, 4.69) is 46.3 Å². The Morgan fingerprint density at radius 1 is 1.21 bits per heavy atom. The Labute approximate surface area is 175 Å². The molecule has 0 radical (unpaired) electrons. The number of nitrogens with one attached hydrogen (secondary N) is 1. The lowest BCUT2D eigenvalue weighted by atomic mass is 10.1. The van der Waals surface area contributed by atoms with Gasteiger partial charge in [0.05, 0.1) is 39.6 Å². The van der Waals surface area contributed by atoms with Crippen molar-refractivity contribution in [3.05, 3.63) is 29.8 Å². The first-order valence-corrected chi connectivity index (χ1v) is 10.8. The predicted octanol–water partition coefficient (Wildman–Crippen LogP) is 1.97. The SMILES string of the molecule is CCNC(=NCc1ccccc1N1CCOCC1)N1CCC(COCCOC)C1. The first-order valence-electron chi connectivity index (χ1n) is 10.8. The molecule has 0 aliphatic carbocycles. The van der Waals surface area contributed by atoms with E-state index in [0.717, 1.165) is 64.9 Å². The molecule has 1 N–H and O–H groups in total. The van der Waals surface area contributed by atoms with Crippen molar-refractivity contribution in [3.63, 3.8) is 0 Å². The van der Waals surface area contributed by atoms with Gasteiger partial charge >= 0.3 is 0 Å². The van der Waals surface area contributed by atoms with E-state index in [0.29, 0.717) is 25.7 Å². The van der Waals surface area contributed by atoms with Crippen molar-refractivity contribution in [1.29, 1.82) is 0 Å². The molecule has 0 spiro atoms. The number of nitrogens with zero attached hydrogens (tertiary/aromatic N) is 3. The molecular weight excluding hydrogens is 368 g/mol. The second-order valence-electron chi connectivity index (χ2n) is 7.57. The van der Waals surface area contributed by atoms with E-state index < -0.39 is 0 Å². The molecule has 2 heterocycles. The Kier molecular flexibility index (Phi) is 9.05. The number of para-hydroxylation sites is 1. The van der Waals surface area contributed by atoms with E-state index in [-0.39, 0.29) is 0 Å². The van der Waals surface area contributed by atoms with Crippen LogP contribution in [0, 0.1) is 5.92 Å². The number of methoxy groups -OCH3 is 1. The monoisotopic (exact) mass is 404 g/mol. The summed E-state index contributed by atoms with van der Waals surface area (Å²) in [6, 6.07) is 8.60. The Bertz CT molecular complexity index is 634. The molecule has 1 aromatic rings. The quantitative estimate of drug-likeness (QED) is 0.386. The van der Waals surface area contributed by atoms with E-state index in [1.165, 1.54) is 11.3 Å². The maximum atomic E-state index is 5.73. The smallest absolute Gasteiger partial charge is 0.194 e. The Hall–Kier alpha value is -1.83. The predicted molar refractivity (Wildman–Crippen MR) is 117 cm³/mol. The highest BCUT2D eigenvalue weighted by Crippen LogP contribution is 2.23. The number of aliphatic imine (C=N–C) groups is 1. The molecule has 0 bridgehead atoms. The van der Waals surface area contributed by atoms with Gasteiger partial charge in [-0.2, -0.15) is 0 Å². The minimum Gasteiger partial charge on any atom is -0.382 e. The lowest BCUT2D eigenvalue weighted by Crippen LogP contribution is -2.40. The summed E-state index contributed by atoms with van der Waals surface area (Å²) >= 11 is 0. The van der Waals surface area contributed by atoms with Gasteiger partial charge in [0.2, 0.25) is 0 Å². The summed E-state index contributed by atoms with van der Waals surface area (Å²) in [7, 11) is 1.71. The average molecular weight is 405 g/mol. The van der Waals surface area contributed by atoms with Crippen molar-refractivity contribution in [2.45, 2.75) is 19.9 Å². The van der Waals surface area contributed by atoms with Crippen molar-refractivity contribution >= 4 is 11.6 Å². The van der Waals surface area contributed by atoms with Gasteiger partial charge in [-0.05, 0) is 25.0 Å². The van der Waals surface area contributed by atoms with Crippen molar-refractivity contribution < 1.29 is 14.2 Å². The molecule has 1 atom stereocenters. The Morgan fingerprint density at radius 2 is 2.03 bits per heavy atom. The third-order valence-electron chi connectivity index (χ3n) is 5.45. The molecule has 0 saturated carbocycles. The molecule has 0 aromatic heterocycles. The minimum atomic E-state index is 0.552. The number of hydrogen-bond donors (Lipinski definition) is 1. The number of likely N-dealkylation sites (tertiary alicyclic amines) is 1. The highest BCUT2D eigenvalue weighted by molar-refractivity contribution is 5.80. The highest BCUT2D eigenvalue weighted by Gasteiger charge is 2.25. The van der Waals surface area contributed by atoms with Gasteiger partial charge < -0.3 is 29.3 Å². The van der Waals surface area contributed by atoms with Crippen LogP contribution in [0.15, 0.2) is 29.3 Å². The number of benzene rings is 1. The molecule has 162 valence electrons. The lowest BCUT2D eigenvalue weighted by molar-refractivity contribution is 0.0536. The van der Waals surface area contributed by atoms with Crippen LogP contribution >= 0.6 is 0 Å². The molecule has 1 aromatic carbocycles. The van der Waals surface area contributed by atoms with Crippen LogP contribution in [0.4, 0.5) is 5.69 Å². The van der Waals surface area contributed by atoms with Gasteiger partial charge in [-0.3, -0.25) is 0 Å². The van der Waals surface area contributed by atoms with E-state index in [1.807, 2.05) is 0 Å². The maximum Gasteiger partial charge on any atom is 0.194 e. The Morgan fingerprint density at radius 3 is 2.83 bits per heavy atom. The Balaban J connectivity index is 1.60. The maximum absolute atomic E-state index is 5.73. The fourth-order valence-electron chi connectivity index (χ4n) is 3.90. The van der Waals surface area contributed by atoms with Gasteiger partial charge in [0, 0.05) is 51.4 Å². The van der Waals surface area contributed by atoms with Gasteiger partial charge in [0.25, 0.3) is 0 Å². The molecule has 2 aliphatic heterocycles. The van der Waals surface area contributed by atoms with Crippen LogP contribution in [0.2, 0.25) is 0 Å². The van der Waals surface area contributed by atoms with Crippen LogP contribution in [0.3, 0.4) is 0 Å². The van der Waals surface area contributed by atoms with Crippen LogP contribution in [0.5, 0.6) is 0 Å². The average Bonchev–Trinajstić information content (AvgIpc) is 3.24. The van der Waals surface area contributed by atoms with E-state index in [4.69, 9.17) is 19.2 Å². The lowest BCUT2D eigenvalue weighted by Gasteiger charge is -2.30. The summed E-state index contributed by atoms with van der Waals surface area (Å²) in [5.41, 5.74) is 2.55. The molecule has 7 nitrogen and oxygen atoms in total. The second-order valence-corrected chi connectivity index (χ2v) is 7.57. The highest BCUT2D eigenvalue weighted by atomic mass is 16.5. The number of hydrogen-bond acceptors (Lipinski definition) is 5. The van der Waals surface area contributed by atoms with Gasteiger partial charge in [0.15, 0.2) is 5.96 Å². The van der Waals surface area contributed by atoms with Crippen molar-refractivity contribution in [2.75, 3.05) is 77.8 Å². The number of guanidine groups is 1. The number of anilines is 1. The summed E-state index contributed by atoms with van der Waals surface area (Å²) in [6.45, 7) is 11.3. The van der Waals surface area contributed by atoms with Crippen LogP contribution in [-0.4, -0.2) is 83.7 Å². The molecule has 29 heavy (non-hydrogen) atoms. The number of ether oxygens (including phenoxy) is 3. The first kappa shape index (κ1) is 21.9. The van der Waals surface area contributed by atoms with Crippen LogP contribution in [-0.2, 0) is 20.8 Å². The molecule has 2 aliphatic rings. The summed E-state index contributed by atoms with van der Waals surface area (Å²) in [5, 5.41) is 3.47. The normalized spacial score (nSPS) is 20.3. The summed E-state index contributed by atoms with van der Waals surface area (Å²) < 4.78 is 16.3. The summed E-state index contributed by atoms with van der Waals surface area (Å²) in [6.07, 6.45) is 1.14. The van der Waals surface area contributed by atoms with Crippen molar-refractivity contribution in [2.24, 2.45) is 10.9 Å². The zero-order valence-electron chi connectivity index (χ0n) is 17.9. The topological polar surface area (TPSA) is 58.6 Å². The standard InChI is InChI=1S/C22H36N4O3/c1-3-23-22(26-9-8-19(17-26)18-29-15-14-27-2)24-16-20-6-4-5-7-21(20)25-10-12-28-13-11-25/h4-7,19H,3,8-18H2,1-2H3,(H,23,24). The van der Waals surface area contributed by atoms with Crippen molar-refractivity contribution in [1.82, 2.24) is 10.2 Å². The number of morpholine rings is 1. The van der Waals surface area contributed by atoms with Gasteiger partial charge in [-0.25, -0.2) is 4.99 Å². The molecule has 3 rings (SSSR count). The molecule has 7 heteroatoms. The molecule has 2 saturated heterocycles. The van der Waals surface area contributed by atoms with Gasteiger partial charge in [-0.15, -0.1) is 0 Å². The van der Waals surface area contributed by atoms with Gasteiger partial charge in [-0.1, -0.05) is 18.2 Å². The van der Waals surface area contributed by atoms with Crippen LogP contribution in [0.1, 0.15) is 18.9 Å². The number of rotatable bonds is 9. The van der Waals surface area contributed by atoms with E-state index in [9.17, 15) is 0 Å².